The maximum atomic E-state index is 12.4. The largest absolute Gasteiger partial charge is 0.437 e. The van der Waals surface area contributed by atoms with Crippen molar-refractivity contribution >= 4 is 38.4 Å². The van der Waals surface area contributed by atoms with Crippen LogP contribution < -0.4 is 4.74 Å². The van der Waals surface area contributed by atoms with Crippen LogP contribution in [0.3, 0.4) is 0 Å². The fourth-order valence-electron chi connectivity index (χ4n) is 3.22. The molecule has 0 saturated carbocycles. The molecule has 8 heteroatoms. The van der Waals surface area contributed by atoms with E-state index in [0.717, 1.165) is 26.6 Å². The average molecular weight is 460 g/mol. The van der Waals surface area contributed by atoms with Gasteiger partial charge in [-0.1, -0.05) is 28.1 Å². The molecule has 3 heterocycles. The number of azo groups is 1. The number of fused-ring (bicyclic) bond motifs is 2. The lowest BCUT2D eigenvalue weighted by molar-refractivity contribution is 0.0992. The second kappa shape index (κ2) is 7.64. The van der Waals surface area contributed by atoms with E-state index in [1.54, 1.807) is 12.1 Å². The molecule has 0 saturated heterocycles. The molecule has 4 aromatic rings. The minimum Gasteiger partial charge on any atom is -0.437 e. The van der Waals surface area contributed by atoms with Crippen molar-refractivity contribution in [1.29, 1.82) is 0 Å². The Kier molecular flexibility index (Phi) is 4.68. The van der Waals surface area contributed by atoms with Crippen LogP contribution in [0.2, 0.25) is 0 Å². The Labute approximate surface area is 179 Å². The van der Waals surface area contributed by atoms with E-state index < -0.39 is 5.91 Å². The number of halogens is 1. The first-order valence-electron chi connectivity index (χ1n) is 9.18. The lowest BCUT2D eigenvalue weighted by atomic mass is 10.0. The van der Waals surface area contributed by atoms with Crippen LogP contribution in [-0.4, -0.2) is 20.9 Å². The van der Waals surface area contributed by atoms with Gasteiger partial charge in [0.05, 0.1) is 16.6 Å². The lowest BCUT2D eigenvalue weighted by Gasteiger charge is -2.19. The number of imidazole rings is 1. The fraction of sp³-hybridized carbons (Fsp3) is 0.0455. The van der Waals surface area contributed by atoms with E-state index in [0.29, 0.717) is 23.6 Å². The van der Waals surface area contributed by atoms with Gasteiger partial charge in [0.15, 0.2) is 0 Å². The molecule has 0 aliphatic carbocycles. The monoisotopic (exact) mass is 459 g/mol. The van der Waals surface area contributed by atoms with Crippen LogP contribution in [0, 0.1) is 0 Å². The maximum absolute atomic E-state index is 12.4. The number of para-hydroxylation sites is 2. The van der Waals surface area contributed by atoms with E-state index in [1.165, 1.54) is 12.4 Å². The summed E-state index contributed by atoms with van der Waals surface area (Å²) in [6.07, 6.45) is 3.60. The summed E-state index contributed by atoms with van der Waals surface area (Å²) >= 11 is 3.50. The molecule has 0 fully saturated rings. The molecule has 1 aliphatic rings. The predicted molar refractivity (Wildman–Crippen MR) is 115 cm³/mol. The van der Waals surface area contributed by atoms with Crippen molar-refractivity contribution in [2.75, 3.05) is 0 Å². The Morgan fingerprint density at radius 2 is 1.93 bits per heavy atom. The normalized spacial score (nSPS) is 13.5. The number of aromatic amines is 1. The molecule has 5 rings (SSSR count). The standard InChI is InChI=1S/C22H14BrN5O2/c23-15-5-6-19-14(11-15)12-16(20-25-17-3-1-2-4-18(17)26-20)22(30-19)28-27-21(29)13-7-9-24-10-8-13/h1-11H,12H2,(H,25,26). The summed E-state index contributed by atoms with van der Waals surface area (Å²) in [6.45, 7) is 0. The van der Waals surface area contributed by atoms with E-state index in [4.69, 9.17) is 4.74 Å². The number of carbonyl (C=O) groups is 1. The molecule has 2 aromatic carbocycles. The molecule has 0 radical (unpaired) electrons. The zero-order valence-electron chi connectivity index (χ0n) is 15.5. The molecule has 1 N–H and O–H groups in total. The number of H-pyrrole nitrogens is 1. The Hall–Kier alpha value is -3.65. The van der Waals surface area contributed by atoms with Crippen molar-refractivity contribution in [3.05, 3.63) is 94.3 Å². The number of pyridine rings is 1. The highest BCUT2D eigenvalue weighted by Crippen LogP contribution is 2.36. The number of benzene rings is 2. The van der Waals surface area contributed by atoms with Crippen LogP contribution in [0.4, 0.5) is 0 Å². The number of allylic oxidation sites excluding steroid dienone is 1. The summed E-state index contributed by atoms with van der Waals surface area (Å²) in [5.41, 5.74) is 3.86. The Morgan fingerprint density at radius 1 is 1.10 bits per heavy atom. The quantitative estimate of drug-likeness (QED) is 0.419. The van der Waals surface area contributed by atoms with Gasteiger partial charge in [0.25, 0.3) is 5.91 Å². The van der Waals surface area contributed by atoms with Gasteiger partial charge in [0.2, 0.25) is 5.88 Å². The first-order chi connectivity index (χ1) is 14.7. The number of ether oxygens (including phenoxy) is 1. The average Bonchev–Trinajstić information content (AvgIpc) is 3.21. The smallest absolute Gasteiger partial charge is 0.295 e. The molecule has 2 aromatic heterocycles. The summed E-state index contributed by atoms with van der Waals surface area (Å²) in [4.78, 5) is 24.2. The summed E-state index contributed by atoms with van der Waals surface area (Å²) in [5, 5.41) is 8.01. The molecule has 146 valence electrons. The number of hydrogen-bond acceptors (Lipinski definition) is 5. The summed E-state index contributed by atoms with van der Waals surface area (Å²) in [6, 6.07) is 16.7. The van der Waals surface area contributed by atoms with Crippen molar-refractivity contribution < 1.29 is 9.53 Å². The molecule has 1 amide bonds. The van der Waals surface area contributed by atoms with Crippen molar-refractivity contribution in [1.82, 2.24) is 15.0 Å². The molecular weight excluding hydrogens is 446 g/mol. The highest BCUT2D eigenvalue weighted by atomic mass is 79.9. The van der Waals surface area contributed by atoms with Crippen LogP contribution in [-0.2, 0) is 6.42 Å². The Balaban J connectivity index is 1.57. The van der Waals surface area contributed by atoms with E-state index >= 15 is 0 Å². The van der Waals surface area contributed by atoms with Crippen molar-refractivity contribution in [3.63, 3.8) is 0 Å². The molecule has 1 aliphatic heterocycles. The zero-order valence-corrected chi connectivity index (χ0v) is 17.1. The van der Waals surface area contributed by atoms with Gasteiger partial charge in [-0.15, -0.1) is 10.2 Å². The first-order valence-corrected chi connectivity index (χ1v) is 9.97. The molecule has 30 heavy (non-hydrogen) atoms. The predicted octanol–water partition coefficient (Wildman–Crippen LogP) is 5.32. The Bertz CT molecular complexity index is 1290. The topological polar surface area (TPSA) is 92.6 Å². The summed E-state index contributed by atoms with van der Waals surface area (Å²) in [5.74, 6) is 1.07. The molecule has 0 atom stereocenters. The van der Waals surface area contributed by atoms with Gasteiger partial charge < -0.3 is 9.72 Å². The molecule has 7 nitrogen and oxygen atoms in total. The van der Waals surface area contributed by atoms with Gasteiger partial charge >= 0.3 is 0 Å². The number of amides is 1. The minimum absolute atomic E-state index is 0.242. The van der Waals surface area contributed by atoms with Crippen molar-refractivity contribution in [3.8, 4) is 5.75 Å². The van der Waals surface area contributed by atoms with Gasteiger partial charge in [-0.3, -0.25) is 9.78 Å². The molecular formula is C22H14BrN5O2. The van der Waals surface area contributed by atoms with Gasteiger partial charge in [-0.05, 0) is 42.5 Å². The third-order valence-electron chi connectivity index (χ3n) is 4.69. The zero-order chi connectivity index (χ0) is 20.5. The highest BCUT2D eigenvalue weighted by Gasteiger charge is 2.24. The van der Waals surface area contributed by atoms with Gasteiger partial charge in [-0.25, -0.2) is 4.98 Å². The third-order valence-corrected chi connectivity index (χ3v) is 5.18. The summed E-state index contributed by atoms with van der Waals surface area (Å²) < 4.78 is 6.96. The van der Waals surface area contributed by atoms with Crippen LogP contribution in [0.15, 0.2) is 87.6 Å². The van der Waals surface area contributed by atoms with E-state index in [-0.39, 0.29) is 5.88 Å². The van der Waals surface area contributed by atoms with E-state index in [2.05, 4.69) is 41.1 Å². The number of nitrogens with one attached hydrogen (secondary N) is 1. The first kappa shape index (κ1) is 18.4. The second-order valence-electron chi connectivity index (χ2n) is 6.66. The maximum Gasteiger partial charge on any atom is 0.295 e. The van der Waals surface area contributed by atoms with Crippen LogP contribution in [0.1, 0.15) is 21.7 Å². The minimum atomic E-state index is -0.473. The SMILES string of the molecule is O=C(N=NC1=C(c2nc3ccccc3[nH]2)Cc2cc(Br)ccc2O1)c1ccncc1. The number of hydrogen-bond donors (Lipinski definition) is 1. The molecule has 0 bridgehead atoms. The van der Waals surface area contributed by atoms with E-state index in [1.807, 2.05) is 42.5 Å². The molecule has 0 spiro atoms. The van der Waals surface area contributed by atoms with Crippen molar-refractivity contribution in [2.45, 2.75) is 6.42 Å². The van der Waals surface area contributed by atoms with Crippen LogP contribution in [0.5, 0.6) is 5.75 Å². The number of aromatic nitrogens is 3. The number of carbonyl (C=O) groups excluding carboxylic acids is 1. The number of rotatable bonds is 3. The lowest BCUT2D eigenvalue weighted by Crippen LogP contribution is -2.10. The number of nitrogens with zero attached hydrogens (tertiary/aromatic N) is 4. The van der Waals surface area contributed by atoms with E-state index in [9.17, 15) is 4.79 Å². The van der Waals surface area contributed by atoms with Gasteiger partial charge in [0, 0.05) is 34.4 Å². The summed E-state index contributed by atoms with van der Waals surface area (Å²) in [7, 11) is 0. The molecule has 0 unspecified atom stereocenters. The van der Waals surface area contributed by atoms with Crippen molar-refractivity contribution in [2.24, 2.45) is 10.2 Å². The fourth-order valence-corrected chi connectivity index (χ4v) is 3.63. The van der Waals surface area contributed by atoms with Gasteiger partial charge in [-0.2, -0.15) is 0 Å². The van der Waals surface area contributed by atoms with Gasteiger partial charge in [0.1, 0.15) is 11.6 Å². The second-order valence-corrected chi connectivity index (χ2v) is 7.57. The van der Waals surface area contributed by atoms with Crippen LogP contribution >= 0.6 is 15.9 Å². The van der Waals surface area contributed by atoms with Crippen LogP contribution in [0.25, 0.3) is 16.6 Å². The highest BCUT2D eigenvalue weighted by molar-refractivity contribution is 9.10. The Morgan fingerprint density at radius 3 is 2.77 bits per heavy atom. The third kappa shape index (κ3) is 3.53.